The van der Waals surface area contributed by atoms with Crippen molar-refractivity contribution < 1.29 is 14.3 Å². The molecule has 0 saturated heterocycles. The third-order valence-electron chi connectivity index (χ3n) is 6.77. The number of nitrogens with one attached hydrogen (secondary N) is 2. The van der Waals surface area contributed by atoms with Crippen molar-refractivity contribution in [3.8, 4) is 5.75 Å². The lowest BCUT2D eigenvalue weighted by atomic mass is 9.83. The number of nitrogens with two attached hydrogens (primary N) is 1. The smallest absolute Gasteiger partial charge is 0.269 e. The predicted octanol–water partition coefficient (Wildman–Crippen LogP) is 3.78. The van der Waals surface area contributed by atoms with Gasteiger partial charge >= 0.3 is 0 Å². The Bertz CT molecular complexity index is 1240. The molecule has 2 heterocycles. The van der Waals surface area contributed by atoms with Crippen LogP contribution in [0.15, 0.2) is 48.7 Å². The van der Waals surface area contributed by atoms with Crippen molar-refractivity contribution >= 4 is 29.0 Å². The van der Waals surface area contributed by atoms with E-state index in [1.807, 2.05) is 50.5 Å². The molecule has 0 spiro atoms. The van der Waals surface area contributed by atoms with Gasteiger partial charge in [-0.15, -0.1) is 0 Å². The zero-order valence-electron chi connectivity index (χ0n) is 20.7. The van der Waals surface area contributed by atoms with E-state index in [4.69, 9.17) is 15.2 Å². The van der Waals surface area contributed by atoms with E-state index in [2.05, 4.69) is 30.5 Å². The van der Waals surface area contributed by atoms with Gasteiger partial charge in [0.15, 0.2) is 5.69 Å². The molecule has 0 aliphatic heterocycles. The lowest BCUT2D eigenvalue weighted by Crippen LogP contribution is -2.59. The van der Waals surface area contributed by atoms with Crippen LogP contribution in [-0.4, -0.2) is 58.8 Å². The van der Waals surface area contributed by atoms with Gasteiger partial charge in [-0.25, -0.2) is 9.97 Å². The van der Waals surface area contributed by atoms with E-state index in [-0.39, 0.29) is 17.5 Å². The Kier molecular flexibility index (Phi) is 6.46. The van der Waals surface area contributed by atoms with Gasteiger partial charge in [-0.2, -0.15) is 4.98 Å². The lowest BCUT2D eigenvalue weighted by molar-refractivity contribution is -0.204. The molecule has 10 heteroatoms. The highest BCUT2D eigenvalue weighted by Gasteiger charge is 2.48. The number of anilines is 4. The molecule has 188 valence electrons. The quantitative estimate of drug-likeness (QED) is 0.365. The highest BCUT2D eigenvalue weighted by atomic mass is 16.5. The Morgan fingerprint density at radius 1 is 1.06 bits per heavy atom. The summed E-state index contributed by atoms with van der Waals surface area (Å²) in [6, 6.07) is 13.1. The summed E-state index contributed by atoms with van der Waals surface area (Å²) in [4.78, 5) is 27.3. The maximum absolute atomic E-state index is 12.0. The average Bonchev–Trinajstić information content (AvgIpc) is 3.68. The van der Waals surface area contributed by atoms with Crippen LogP contribution >= 0.6 is 0 Å². The highest BCUT2D eigenvalue weighted by Crippen LogP contribution is 2.40. The van der Waals surface area contributed by atoms with Crippen molar-refractivity contribution in [2.24, 2.45) is 5.73 Å². The number of aromatic nitrogens is 3. The van der Waals surface area contributed by atoms with E-state index in [0.29, 0.717) is 23.4 Å². The fourth-order valence-corrected chi connectivity index (χ4v) is 4.38. The summed E-state index contributed by atoms with van der Waals surface area (Å²) in [6.45, 7) is 0. The molecule has 10 nitrogen and oxygen atoms in total. The zero-order chi connectivity index (χ0) is 25.3. The number of carbonyl (C=O) groups is 1. The van der Waals surface area contributed by atoms with Gasteiger partial charge in [-0.1, -0.05) is 0 Å². The van der Waals surface area contributed by atoms with E-state index in [1.165, 1.54) is 0 Å². The first kappa shape index (κ1) is 24.0. The van der Waals surface area contributed by atoms with Gasteiger partial charge < -0.3 is 25.8 Å². The molecular weight excluding hydrogens is 458 g/mol. The Morgan fingerprint density at radius 3 is 2.44 bits per heavy atom. The van der Waals surface area contributed by atoms with Crippen LogP contribution in [0.25, 0.3) is 0 Å². The first-order valence-electron chi connectivity index (χ1n) is 12.0. The SMILES string of the molecule is COC1(N(C)C)CC(Oc2ccc(Nc3nccc(Nc4ccc(C5CC5)nc4C(N)=O)n3)cc2)C1. The van der Waals surface area contributed by atoms with Crippen LogP contribution in [0, 0.1) is 0 Å². The average molecular weight is 490 g/mol. The normalized spacial score (nSPS) is 21.1. The molecule has 1 aromatic carbocycles. The van der Waals surface area contributed by atoms with Gasteiger partial charge in [0.25, 0.3) is 5.91 Å². The summed E-state index contributed by atoms with van der Waals surface area (Å²) in [7, 11) is 5.78. The minimum absolute atomic E-state index is 0.121. The second-order valence-electron chi connectivity index (χ2n) is 9.50. The van der Waals surface area contributed by atoms with Crippen LogP contribution < -0.4 is 21.1 Å². The monoisotopic (exact) mass is 489 g/mol. The number of nitrogens with zero attached hydrogens (tertiary/aromatic N) is 4. The van der Waals surface area contributed by atoms with Crippen LogP contribution in [-0.2, 0) is 4.74 Å². The summed E-state index contributed by atoms with van der Waals surface area (Å²) in [6.07, 6.45) is 5.58. The molecule has 36 heavy (non-hydrogen) atoms. The van der Waals surface area contributed by atoms with Crippen molar-refractivity contribution in [3.63, 3.8) is 0 Å². The van der Waals surface area contributed by atoms with Crippen LogP contribution in [0.5, 0.6) is 5.75 Å². The number of amides is 1. The Hall–Kier alpha value is -3.76. The number of ether oxygens (including phenoxy) is 2. The fraction of sp³-hybridized carbons (Fsp3) is 0.385. The first-order chi connectivity index (χ1) is 17.3. The van der Waals surface area contributed by atoms with Gasteiger partial charge in [-0.05, 0) is 69.4 Å². The minimum Gasteiger partial charge on any atom is -0.490 e. The molecule has 2 fully saturated rings. The fourth-order valence-electron chi connectivity index (χ4n) is 4.38. The highest BCUT2D eigenvalue weighted by molar-refractivity contribution is 5.97. The number of carbonyl (C=O) groups excluding carboxylic acids is 1. The van der Waals surface area contributed by atoms with Crippen LogP contribution in [0.3, 0.4) is 0 Å². The van der Waals surface area contributed by atoms with Gasteiger partial charge in [-0.3, -0.25) is 9.69 Å². The molecule has 2 aliphatic rings. The summed E-state index contributed by atoms with van der Waals surface area (Å²) in [5, 5.41) is 6.34. The number of hydrogen-bond donors (Lipinski definition) is 3. The number of methoxy groups -OCH3 is 1. The second-order valence-corrected chi connectivity index (χ2v) is 9.50. The zero-order valence-corrected chi connectivity index (χ0v) is 20.7. The van der Waals surface area contributed by atoms with Crippen molar-refractivity contribution in [2.45, 2.75) is 43.4 Å². The molecule has 5 rings (SSSR count). The summed E-state index contributed by atoms with van der Waals surface area (Å²) in [5.41, 5.74) is 7.78. The molecule has 4 N–H and O–H groups in total. The number of pyridine rings is 1. The standard InChI is InChI=1S/C26H31N7O3/c1-33(2)26(35-3)14-19(15-26)36-18-8-6-17(7-9-18)29-25-28-13-12-22(32-25)30-21-11-10-20(16-4-5-16)31-23(21)24(27)34/h6-13,16,19H,4-5,14-15H2,1-3H3,(H2,27,34)(H2,28,29,30,32). The largest absolute Gasteiger partial charge is 0.490 e. The predicted molar refractivity (Wildman–Crippen MR) is 137 cm³/mol. The minimum atomic E-state index is -0.578. The Balaban J connectivity index is 1.21. The van der Waals surface area contributed by atoms with Crippen LogP contribution in [0.1, 0.15) is 47.8 Å². The molecule has 2 aromatic heterocycles. The van der Waals surface area contributed by atoms with Crippen molar-refractivity contribution in [1.82, 2.24) is 19.9 Å². The van der Waals surface area contributed by atoms with Crippen LogP contribution in [0.2, 0.25) is 0 Å². The first-order valence-corrected chi connectivity index (χ1v) is 12.0. The van der Waals surface area contributed by atoms with E-state index in [9.17, 15) is 4.79 Å². The third kappa shape index (κ3) is 5.09. The van der Waals surface area contributed by atoms with Gasteiger partial charge in [0.1, 0.15) is 23.4 Å². The van der Waals surface area contributed by atoms with Gasteiger partial charge in [0.05, 0.1) is 5.69 Å². The molecule has 0 bridgehead atoms. The topological polar surface area (TPSA) is 128 Å². The molecular formula is C26H31N7O3. The van der Waals surface area contributed by atoms with E-state index in [0.717, 1.165) is 42.8 Å². The van der Waals surface area contributed by atoms with E-state index >= 15 is 0 Å². The molecule has 0 unspecified atom stereocenters. The summed E-state index contributed by atoms with van der Waals surface area (Å²) in [5.74, 6) is 1.57. The summed E-state index contributed by atoms with van der Waals surface area (Å²) < 4.78 is 11.7. The van der Waals surface area contributed by atoms with E-state index < -0.39 is 5.91 Å². The molecule has 0 radical (unpaired) electrons. The maximum Gasteiger partial charge on any atom is 0.269 e. The Labute approximate surface area is 210 Å². The maximum atomic E-state index is 12.0. The number of primary amides is 1. The molecule has 0 atom stereocenters. The van der Waals surface area contributed by atoms with Crippen molar-refractivity contribution in [3.05, 3.63) is 60.0 Å². The number of hydrogen-bond acceptors (Lipinski definition) is 9. The molecule has 2 saturated carbocycles. The van der Waals surface area contributed by atoms with Gasteiger partial charge in [0.2, 0.25) is 5.95 Å². The number of benzene rings is 1. The Morgan fingerprint density at radius 2 is 1.81 bits per heavy atom. The second kappa shape index (κ2) is 9.71. The van der Waals surface area contributed by atoms with E-state index in [1.54, 1.807) is 19.4 Å². The molecule has 1 amide bonds. The number of rotatable bonds is 10. The van der Waals surface area contributed by atoms with Crippen LogP contribution in [0.4, 0.5) is 23.1 Å². The third-order valence-corrected chi connectivity index (χ3v) is 6.77. The summed E-state index contributed by atoms with van der Waals surface area (Å²) >= 11 is 0. The van der Waals surface area contributed by atoms with Gasteiger partial charge in [0, 0.05) is 43.4 Å². The van der Waals surface area contributed by atoms with Crippen molar-refractivity contribution in [1.29, 1.82) is 0 Å². The molecule has 2 aliphatic carbocycles. The lowest BCUT2D eigenvalue weighted by Gasteiger charge is -2.50. The van der Waals surface area contributed by atoms with Crippen molar-refractivity contribution in [2.75, 3.05) is 31.8 Å². The molecule has 3 aromatic rings.